The number of amides is 1. The van der Waals surface area contributed by atoms with Crippen molar-refractivity contribution in [1.29, 1.82) is 0 Å². The topological polar surface area (TPSA) is 29.1 Å². The minimum absolute atomic E-state index is 0.0457. The van der Waals surface area contributed by atoms with Crippen molar-refractivity contribution in [3.05, 3.63) is 54.1 Å². The van der Waals surface area contributed by atoms with Gasteiger partial charge in [-0.05, 0) is 25.5 Å². The first-order chi connectivity index (χ1) is 9.17. The number of benzene rings is 1. The summed E-state index contributed by atoms with van der Waals surface area (Å²) in [4.78, 5) is 12.0. The van der Waals surface area contributed by atoms with Gasteiger partial charge in [0.25, 0.3) is 5.91 Å². The summed E-state index contributed by atoms with van der Waals surface area (Å²) >= 11 is 0. The third kappa shape index (κ3) is 6.61. The Balaban J connectivity index is 0.00000154. The lowest BCUT2D eigenvalue weighted by Gasteiger charge is -2.08. The van der Waals surface area contributed by atoms with Gasteiger partial charge in [0, 0.05) is 11.3 Å². The largest absolute Gasteiger partial charge is 0.322 e. The Morgan fingerprint density at radius 2 is 1.84 bits per heavy atom. The molecule has 0 radical (unpaired) electrons. The molecule has 0 unspecified atom stereocenters. The summed E-state index contributed by atoms with van der Waals surface area (Å²) in [7, 11) is 0. The molecule has 2 heteroatoms. The van der Waals surface area contributed by atoms with Crippen molar-refractivity contribution in [3.8, 4) is 0 Å². The van der Waals surface area contributed by atoms with Gasteiger partial charge in [-0.2, -0.15) is 0 Å². The number of carbonyl (C=O) groups is 1. The van der Waals surface area contributed by atoms with Crippen LogP contribution in [0, 0.1) is 6.92 Å². The molecule has 104 valence electrons. The smallest absolute Gasteiger partial charge is 0.251 e. The first-order valence-corrected chi connectivity index (χ1v) is 6.87. The third-order valence-electron chi connectivity index (χ3n) is 2.44. The van der Waals surface area contributed by atoms with E-state index in [0.29, 0.717) is 0 Å². The van der Waals surface area contributed by atoms with Crippen molar-refractivity contribution in [3.63, 3.8) is 0 Å². The van der Waals surface area contributed by atoms with Gasteiger partial charge >= 0.3 is 0 Å². The van der Waals surface area contributed by atoms with E-state index in [-0.39, 0.29) is 5.91 Å². The maximum Gasteiger partial charge on any atom is 0.251 e. The van der Waals surface area contributed by atoms with Gasteiger partial charge in [0.15, 0.2) is 0 Å². The van der Waals surface area contributed by atoms with Crippen LogP contribution in [0.3, 0.4) is 0 Å². The molecule has 1 rings (SSSR count). The maximum atomic E-state index is 12.0. The number of hydrogen-bond acceptors (Lipinski definition) is 1. The van der Waals surface area contributed by atoms with E-state index in [0.717, 1.165) is 24.1 Å². The van der Waals surface area contributed by atoms with Crippen LogP contribution < -0.4 is 5.32 Å². The molecule has 1 aromatic carbocycles. The second-order valence-electron chi connectivity index (χ2n) is 4.00. The van der Waals surface area contributed by atoms with E-state index >= 15 is 0 Å². The second-order valence-corrected chi connectivity index (χ2v) is 4.00. The highest BCUT2D eigenvalue weighted by Crippen LogP contribution is 2.12. The molecule has 2 nitrogen and oxygen atoms in total. The number of nitrogens with one attached hydrogen (secondary N) is 1. The van der Waals surface area contributed by atoms with Crippen molar-refractivity contribution in [1.82, 2.24) is 0 Å². The minimum Gasteiger partial charge on any atom is -0.322 e. The van der Waals surface area contributed by atoms with Gasteiger partial charge < -0.3 is 5.32 Å². The number of hydrogen-bond donors (Lipinski definition) is 1. The quantitative estimate of drug-likeness (QED) is 0.593. The van der Waals surface area contributed by atoms with Crippen molar-refractivity contribution in [2.45, 2.75) is 40.5 Å². The fourth-order valence-electron chi connectivity index (χ4n) is 1.53. The highest BCUT2D eigenvalue weighted by Gasteiger charge is 2.07. The number of anilines is 1. The van der Waals surface area contributed by atoms with E-state index < -0.39 is 0 Å². The van der Waals surface area contributed by atoms with Crippen LogP contribution in [0.4, 0.5) is 5.69 Å². The van der Waals surface area contributed by atoms with Gasteiger partial charge in [-0.3, -0.25) is 4.79 Å². The molecule has 0 bridgehead atoms. The molecular weight excluding hydrogens is 234 g/mol. The van der Waals surface area contributed by atoms with Gasteiger partial charge in [0.05, 0.1) is 0 Å². The van der Waals surface area contributed by atoms with Crippen molar-refractivity contribution in [2.24, 2.45) is 0 Å². The summed E-state index contributed by atoms with van der Waals surface area (Å²) in [6, 6.07) is 7.77. The van der Waals surface area contributed by atoms with Crippen LogP contribution in [-0.4, -0.2) is 5.91 Å². The summed E-state index contributed by atoms with van der Waals surface area (Å²) in [6.07, 6.45) is 5.14. The van der Waals surface area contributed by atoms with E-state index in [4.69, 9.17) is 0 Å². The molecule has 19 heavy (non-hydrogen) atoms. The molecule has 0 heterocycles. The Labute approximate surface area is 117 Å². The average Bonchev–Trinajstić information content (AvgIpc) is 2.43. The zero-order valence-corrected chi connectivity index (χ0v) is 12.5. The first kappa shape index (κ1) is 17.2. The summed E-state index contributed by atoms with van der Waals surface area (Å²) < 4.78 is 0. The molecule has 0 aromatic heterocycles. The Kier molecular flexibility index (Phi) is 9.15. The van der Waals surface area contributed by atoms with E-state index in [1.165, 1.54) is 5.56 Å². The van der Waals surface area contributed by atoms with Crippen LogP contribution in [0.1, 0.15) is 39.2 Å². The molecule has 1 amide bonds. The zero-order chi connectivity index (χ0) is 14.7. The van der Waals surface area contributed by atoms with Gasteiger partial charge in [0.1, 0.15) is 0 Å². The Morgan fingerprint density at radius 1 is 1.26 bits per heavy atom. The van der Waals surface area contributed by atoms with Gasteiger partial charge in [-0.1, -0.05) is 63.6 Å². The summed E-state index contributed by atoms with van der Waals surface area (Å²) in [5.41, 5.74) is 2.77. The standard InChI is InChI=1S/C15H19NO.C2H6/c1-4-6-13(7-5-2)15(17)16-14-10-8-12(3)9-11-14;1-2/h4,6,8-11H,1,5,7H2,2-3H3,(H,16,17);1-2H3/b13-6+;. The fraction of sp³-hybridized carbons (Fsp3) is 0.353. The Bertz CT molecular complexity index is 415. The molecular formula is C17H25NO. The summed E-state index contributed by atoms with van der Waals surface area (Å²) in [5, 5.41) is 2.88. The van der Waals surface area contributed by atoms with Crippen LogP contribution in [0.5, 0.6) is 0 Å². The molecule has 1 aromatic rings. The first-order valence-electron chi connectivity index (χ1n) is 6.87. The van der Waals surface area contributed by atoms with Crippen LogP contribution in [0.15, 0.2) is 48.6 Å². The highest BCUT2D eigenvalue weighted by atomic mass is 16.1. The minimum atomic E-state index is -0.0457. The average molecular weight is 259 g/mol. The molecule has 0 atom stereocenters. The molecule has 0 aliphatic heterocycles. The molecule has 0 saturated heterocycles. The SMILES string of the molecule is C=C/C=C(\CCC)C(=O)Nc1ccc(C)cc1.CC. The lowest BCUT2D eigenvalue weighted by molar-refractivity contribution is -0.113. The molecule has 0 spiro atoms. The number of rotatable bonds is 5. The normalized spacial score (nSPS) is 10.2. The van der Waals surface area contributed by atoms with E-state index in [1.54, 1.807) is 12.2 Å². The summed E-state index contributed by atoms with van der Waals surface area (Å²) in [5.74, 6) is -0.0457. The van der Waals surface area contributed by atoms with Crippen molar-refractivity contribution < 1.29 is 4.79 Å². The third-order valence-corrected chi connectivity index (χ3v) is 2.44. The van der Waals surface area contributed by atoms with Crippen LogP contribution >= 0.6 is 0 Å². The maximum absolute atomic E-state index is 12.0. The molecule has 0 saturated carbocycles. The van der Waals surface area contributed by atoms with Crippen LogP contribution in [-0.2, 0) is 4.79 Å². The summed E-state index contributed by atoms with van der Waals surface area (Å²) in [6.45, 7) is 11.7. The van der Waals surface area contributed by atoms with Crippen molar-refractivity contribution in [2.75, 3.05) is 5.32 Å². The lowest BCUT2D eigenvalue weighted by Crippen LogP contribution is -2.14. The molecule has 1 N–H and O–H groups in total. The fourth-order valence-corrected chi connectivity index (χ4v) is 1.53. The predicted octanol–water partition coefficient (Wildman–Crippen LogP) is 4.87. The lowest BCUT2D eigenvalue weighted by atomic mass is 10.1. The number of allylic oxidation sites excluding steroid dienone is 2. The van der Waals surface area contributed by atoms with Gasteiger partial charge in [-0.25, -0.2) is 0 Å². The number of aryl methyl sites for hydroxylation is 1. The Hall–Kier alpha value is -1.83. The van der Waals surface area contributed by atoms with E-state index in [1.807, 2.05) is 45.0 Å². The van der Waals surface area contributed by atoms with E-state index in [2.05, 4.69) is 18.8 Å². The molecule has 0 aliphatic carbocycles. The predicted molar refractivity (Wildman–Crippen MR) is 84.3 cm³/mol. The van der Waals surface area contributed by atoms with Crippen LogP contribution in [0.25, 0.3) is 0 Å². The van der Waals surface area contributed by atoms with E-state index in [9.17, 15) is 4.79 Å². The Morgan fingerprint density at radius 3 is 2.32 bits per heavy atom. The van der Waals surface area contributed by atoms with Crippen LogP contribution in [0.2, 0.25) is 0 Å². The second kappa shape index (κ2) is 10.1. The van der Waals surface area contributed by atoms with Gasteiger partial charge in [-0.15, -0.1) is 0 Å². The van der Waals surface area contributed by atoms with Gasteiger partial charge in [0.2, 0.25) is 0 Å². The number of carbonyl (C=O) groups excluding carboxylic acids is 1. The highest BCUT2D eigenvalue weighted by molar-refractivity contribution is 6.03. The molecule has 0 fully saturated rings. The van der Waals surface area contributed by atoms with Crippen molar-refractivity contribution >= 4 is 11.6 Å². The molecule has 0 aliphatic rings. The zero-order valence-electron chi connectivity index (χ0n) is 12.5. The monoisotopic (exact) mass is 259 g/mol.